The Hall–Kier alpha value is -3.06. The number of carboxylic acids is 1. The first kappa shape index (κ1) is 25.9. The van der Waals surface area contributed by atoms with E-state index in [0.29, 0.717) is 11.4 Å². The van der Waals surface area contributed by atoms with Crippen molar-refractivity contribution in [3.05, 3.63) is 54.6 Å². The number of para-hydroxylation sites is 1. The average molecular weight is 405 g/mol. The first-order valence-electron chi connectivity index (χ1n) is 9.57. The summed E-state index contributed by atoms with van der Waals surface area (Å²) in [4.78, 5) is 20.8. The minimum absolute atomic E-state index is 0.287. The fourth-order valence-electron chi connectivity index (χ4n) is 2.11. The van der Waals surface area contributed by atoms with Crippen molar-refractivity contribution in [2.75, 3.05) is 33.0 Å². The highest BCUT2D eigenvalue weighted by molar-refractivity contribution is 5.87. The van der Waals surface area contributed by atoms with Gasteiger partial charge in [0.05, 0.1) is 34.1 Å². The molecule has 0 aromatic heterocycles. The molecule has 2 aromatic rings. The number of nitrogens with one attached hydrogen (secondary N) is 1. The molecule has 0 saturated heterocycles. The number of carboxylic acid groups (broad SMARTS) is 1. The molecule has 2 aromatic carbocycles. The minimum atomic E-state index is -0.701. The van der Waals surface area contributed by atoms with Crippen molar-refractivity contribution in [2.45, 2.75) is 26.7 Å². The van der Waals surface area contributed by atoms with Crippen LogP contribution in [-0.4, -0.2) is 49.3 Å². The zero-order chi connectivity index (χ0) is 22.3. The lowest BCUT2D eigenvalue weighted by Gasteiger charge is -2.23. The summed E-state index contributed by atoms with van der Waals surface area (Å²) in [6.07, 6.45) is 1.05. The van der Waals surface area contributed by atoms with Crippen molar-refractivity contribution < 1.29 is 23.9 Å². The molecule has 0 bridgehead atoms. The Kier molecular flexibility index (Phi) is 12.5. The zero-order valence-corrected chi connectivity index (χ0v) is 18.0. The Morgan fingerprint density at radius 2 is 1.59 bits per heavy atom. The summed E-state index contributed by atoms with van der Waals surface area (Å²) in [5.41, 5.74) is 5.64. The van der Waals surface area contributed by atoms with Crippen LogP contribution in [0.3, 0.4) is 0 Å². The predicted molar refractivity (Wildman–Crippen MR) is 117 cm³/mol. The molecular weight excluding hydrogens is 370 g/mol. The van der Waals surface area contributed by atoms with E-state index in [9.17, 15) is 9.59 Å². The van der Waals surface area contributed by atoms with Gasteiger partial charge in [-0.2, -0.15) is 0 Å². The van der Waals surface area contributed by atoms with Crippen LogP contribution in [0, 0.1) is 0 Å². The molecule has 0 spiro atoms. The van der Waals surface area contributed by atoms with Gasteiger partial charge in [-0.05, 0) is 24.3 Å². The molecule has 0 aliphatic rings. The van der Waals surface area contributed by atoms with Crippen molar-refractivity contribution >= 4 is 17.7 Å². The number of amides is 2. The maximum atomic E-state index is 10.7. The second-order valence-electron chi connectivity index (χ2n) is 6.94. The van der Waals surface area contributed by atoms with Gasteiger partial charge in [0.25, 0.3) is 0 Å². The molecular formula is C22H34N3O4+. The maximum absolute atomic E-state index is 10.7. The van der Waals surface area contributed by atoms with Gasteiger partial charge in [0.2, 0.25) is 0 Å². The molecule has 0 unspecified atom stereocenters. The van der Waals surface area contributed by atoms with Crippen molar-refractivity contribution in [2.24, 2.45) is 5.73 Å². The summed E-state index contributed by atoms with van der Waals surface area (Å²) in [6, 6.07) is 15.8. The molecule has 0 heterocycles. The molecule has 0 fully saturated rings. The van der Waals surface area contributed by atoms with Gasteiger partial charge in [0.15, 0.2) is 0 Å². The molecule has 0 aliphatic carbocycles. The molecule has 0 saturated carbocycles. The van der Waals surface area contributed by atoms with E-state index in [-0.39, 0.29) is 6.42 Å². The second kappa shape index (κ2) is 14.0. The molecule has 2 amide bonds. The van der Waals surface area contributed by atoms with Crippen molar-refractivity contribution in [3.63, 3.8) is 0 Å². The number of hydrogen-bond donors (Lipinski definition) is 3. The highest BCUT2D eigenvalue weighted by atomic mass is 16.5. The summed E-state index contributed by atoms with van der Waals surface area (Å²) in [5.74, 6) is 0.680. The van der Waals surface area contributed by atoms with Crippen LogP contribution in [-0.2, 0) is 4.79 Å². The number of ether oxygens (including phenoxy) is 1. The number of primary amides is 1. The highest BCUT2D eigenvalue weighted by Gasteiger charge is 2.07. The van der Waals surface area contributed by atoms with Gasteiger partial charge in [0.1, 0.15) is 11.5 Å². The summed E-state index contributed by atoms with van der Waals surface area (Å²) >= 11 is 0. The van der Waals surface area contributed by atoms with Crippen LogP contribution in [0.4, 0.5) is 10.5 Å². The SMILES string of the molecule is CC.C[N+](C)(C)CCCC(=O)O.NC(=O)Nc1cccc(Oc2ccccc2)c1. The number of quaternary nitrogens is 1. The fourth-order valence-corrected chi connectivity index (χ4v) is 2.11. The number of hydrogen-bond acceptors (Lipinski definition) is 3. The number of aliphatic carboxylic acids is 1. The molecule has 0 radical (unpaired) electrons. The van der Waals surface area contributed by atoms with Gasteiger partial charge in [-0.1, -0.05) is 38.1 Å². The van der Waals surface area contributed by atoms with Crippen LogP contribution in [0.1, 0.15) is 26.7 Å². The van der Waals surface area contributed by atoms with E-state index in [4.69, 9.17) is 15.6 Å². The van der Waals surface area contributed by atoms with Crippen molar-refractivity contribution in [1.82, 2.24) is 0 Å². The van der Waals surface area contributed by atoms with Crippen LogP contribution in [0.5, 0.6) is 11.5 Å². The van der Waals surface area contributed by atoms with Gasteiger partial charge in [-0.3, -0.25) is 4.79 Å². The molecule has 0 aliphatic heterocycles. The Balaban J connectivity index is 0.000000563. The van der Waals surface area contributed by atoms with E-state index in [1.54, 1.807) is 24.3 Å². The average Bonchev–Trinajstić information content (AvgIpc) is 2.63. The summed E-state index contributed by atoms with van der Waals surface area (Å²) in [6.45, 7) is 4.92. The van der Waals surface area contributed by atoms with E-state index >= 15 is 0 Å². The lowest BCUT2D eigenvalue weighted by atomic mass is 10.3. The molecule has 7 nitrogen and oxygen atoms in total. The quantitative estimate of drug-likeness (QED) is 0.589. The number of nitrogens with two attached hydrogens (primary N) is 1. The first-order chi connectivity index (χ1) is 13.7. The van der Waals surface area contributed by atoms with E-state index in [1.165, 1.54) is 0 Å². The molecule has 0 atom stereocenters. The van der Waals surface area contributed by atoms with Crippen molar-refractivity contribution in [3.8, 4) is 11.5 Å². The maximum Gasteiger partial charge on any atom is 0.316 e. The van der Waals surface area contributed by atoms with Crippen LogP contribution in [0.25, 0.3) is 0 Å². The molecule has 160 valence electrons. The number of carbonyl (C=O) groups is 2. The van der Waals surface area contributed by atoms with Crippen LogP contribution in [0.2, 0.25) is 0 Å². The first-order valence-corrected chi connectivity index (χ1v) is 9.57. The fraction of sp³-hybridized carbons (Fsp3) is 0.364. The summed E-state index contributed by atoms with van der Waals surface area (Å²) < 4.78 is 6.45. The Morgan fingerprint density at radius 1 is 1.00 bits per heavy atom. The number of benzene rings is 2. The third-order valence-corrected chi connectivity index (χ3v) is 3.30. The Bertz CT molecular complexity index is 728. The second-order valence-corrected chi connectivity index (χ2v) is 6.94. The van der Waals surface area contributed by atoms with Crippen LogP contribution >= 0.6 is 0 Å². The lowest BCUT2D eigenvalue weighted by molar-refractivity contribution is -0.870. The van der Waals surface area contributed by atoms with E-state index < -0.39 is 12.0 Å². The monoisotopic (exact) mass is 404 g/mol. The van der Waals surface area contributed by atoms with E-state index in [1.807, 2.05) is 44.2 Å². The number of urea groups is 1. The highest BCUT2D eigenvalue weighted by Crippen LogP contribution is 2.23. The van der Waals surface area contributed by atoms with Gasteiger partial charge < -0.3 is 25.4 Å². The Morgan fingerprint density at radius 3 is 2.10 bits per heavy atom. The number of rotatable bonds is 7. The van der Waals surface area contributed by atoms with E-state index in [0.717, 1.165) is 23.2 Å². The van der Waals surface area contributed by atoms with Crippen molar-refractivity contribution in [1.29, 1.82) is 0 Å². The largest absolute Gasteiger partial charge is 0.481 e. The molecule has 2 rings (SSSR count). The lowest BCUT2D eigenvalue weighted by Crippen LogP contribution is -2.35. The van der Waals surface area contributed by atoms with E-state index in [2.05, 4.69) is 26.5 Å². The predicted octanol–water partition coefficient (Wildman–Crippen LogP) is 4.55. The number of anilines is 1. The smallest absolute Gasteiger partial charge is 0.316 e. The minimum Gasteiger partial charge on any atom is -0.481 e. The van der Waals surface area contributed by atoms with Gasteiger partial charge in [0, 0.05) is 18.2 Å². The normalized spacial score (nSPS) is 9.83. The third kappa shape index (κ3) is 14.6. The third-order valence-electron chi connectivity index (χ3n) is 3.30. The molecule has 4 N–H and O–H groups in total. The summed E-state index contributed by atoms with van der Waals surface area (Å²) in [7, 11) is 6.17. The molecule has 7 heteroatoms. The van der Waals surface area contributed by atoms with Gasteiger partial charge in [-0.15, -0.1) is 0 Å². The van der Waals surface area contributed by atoms with Gasteiger partial charge >= 0.3 is 12.0 Å². The zero-order valence-electron chi connectivity index (χ0n) is 18.0. The number of nitrogens with zero attached hydrogens (tertiary/aromatic N) is 1. The van der Waals surface area contributed by atoms with Gasteiger partial charge in [-0.25, -0.2) is 4.79 Å². The van der Waals surface area contributed by atoms with Crippen LogP contribution in [0.15, 0.2) is 54.6 Å². The topological polar surface area (TPSA) is 102 Å². The van der Waals surface area contributed by atoms with Crippen LogP contribution < -0.4 is 15.8 Å². The summed E-state index contributed by atoms with van der Waals surface area (Å²) in [5, 5.41) is 10.8. The Labute approximate surface area is 173 Å². The molecule has 29 heavy (non-hydrogen) atoms. The standard InChI is InChI=1S/C13H12N2O2.C7H15NO2.C2H6/c14-13(16)15-10-5-4-8-12(9-10)17-11-6-2-1-3-7-11;1-8(2,3)6-4-5-7(9)10;1-2/h1-9H,(H3,14,15,16);4-6H2,1-3H3;1-2H3/p+1. The number of carbonyl (C=O) groups excluding carboxylic acids is 1.